The summed E-state index contributed by atoms with van der Waals surface area (Å²) in [5.74, 6) is 0.0262. The van der Waals surface area contributed by atoms with Crippen molar-refractivity contribution in [2.45, 2.75) is 37.6 Å². The zero-order valence-electron chi connectivity index (χ0n) is 14.1. The molecule has 134 valence electrons. The summed E-state index contributed by atoms with van der Waals surface area (Å²) in [4.78, 5) is 38.0. The van der Waals surface area contributed by atoms with Gasteiger partial charge in [-0.1, -0.05) is 15.9 Å². The quantitative estimate of drug-likeness (QED) is 0.775. The Kier molecular flexibility index (Phi) is 5.11. The van der Waals surface area contributed by atoms with Crippen LogP contribution in [0.25, 0.3) is 0 Å². The van der Waals surface area contributed by atoms with Gasteiger partial charge in [0.25, 0.3) is 0 Å². The van der Waals surface area contributed by atoms with Gasteiger partial charge in [-0.15, -0.1) is 11.8 Å². The van der Waals surface area contributed by atoms with E-state index in [1.165, 1.54) is 0 Å². The Labute approximate surface area is 159 Å². The van der Waals surface area contributed by atoms with Gasteiger partial charge in [-0.25, -0.2) is 0 Å². The van der Waals surface area contributed by atoms with Crippen LogP contribution in [0.5, 0.6) is 0 Å². The molecule has 2 heterocycles. The van der Waals surface area contributed by atoms with Gasteiger partial charge in [-0.05, 0) is 44.0 Å². The molecule has 2 N–H and O–H groups in total. The number of aryl methyl sites for hydroxylation is 1. The van der Waals surface area contributed by atoms with Crippen molar-refractivity contribution in [1.82, 2.24) is 10.2 Å². The van der Waals surface area contributed by atoms with Gasteiger partial charge in [-0.2, -0.15) is 0 Å². The molecule has 0 radical (unpaired) electrons. The fourth-order valence-electron chi connectivity index (χ4n) is 3.26. The second-order valence-electron chi connectivity index (χ2n) is 6.49. The summed E-state index contributed by atoms with van der Waals surface area (Å²) in [6, 6.07) is 5.06. The Morgan fingerprint density at radius 1 is 1.44 bits per heavy atom. The molecule has 3 rings (SSSR count). The number of fused-ring (bicyclic) bond motifs is 1. The van der Waals surface area contributed by atoms with Crippen molar-refractivity contribution in [2.75, 3.05) is 17.6 Å². The molecule has 1 aromatic rings. The number of thioether (sulfide) groups is 1. The number of halogens is 1. The number of nitrogens with zero attached hydrogens (tertiary/aromatic N) is 1. The van der Waals surface area contributed by atoms with Crippen molar-refractivity contribution in [3.63, 3.8) is 0 Å². The van der Waals surface area contributed by atoms with Crippen LogP contribution < -0.4 is 10.6 Å². The van der Waals surface area contributed by atoms with Gasteiger partial charge >= 0.3 is 0 Å². The molecule has 0 spiro atoms. The van der Waals surface area contributed by atoms with Crippen molar-refractivity contribution in [2.24, 2.45) is 0 Å². The van der Waals surface area contributed by atoms with Gasteiger partial charge in [0, 0.05) is 22.3 Å². The average molecular weight is 426 g/mol. The van der Waals surface area contributed by atoms with E-state index in [0.29, 0.717) is 17.9 Å². The second kappa shape index (κ2) is 6.99. The smallest absolute Gasteiger partial charge is 0.244 e. The largest absolute Gasteiger partial charge is 0.345 e. The summed E-state index contributed by atoms with van der Waals surface area (Å²) in [7, 11) is 0. The molecule has 2 saturated heterocycles. The lowest BCUT2D eigenvalue weighted by Gasteiger charge is -2.29. The number of carbonyl (C=O) groups excluding carboxylic acids is 3. The summed E-state index contributed by atoms with van der Waals surface area (Å²) in [6.07, 6.45) is 1.25. The van der Waals surface area contributed by atoms with Gasteiger partial charge in [0.15, 0.2) is 0 Å². The zero-order valence-corrected chi connectivity index (χ0v) is 16.5. The van der Waals surface area contributed by atoms with E-state index >= 15 is 0 Å². The number of carbonyl (C=O) groups is 3. The minimum absolute atomic E-state index is 0.0163. The van der Waals surface area contributed by atoms with Gasteiger partial charge in [0.1, 0.15) is 6.04 Å². The van der Waals surface area contributed by atoms with Crippen molar-refractivity contribution in [3.8, 4) is 0 Å². The first-order chi connectivity index (χ1) is 11.8. The number of hydrogen-bond donors (Lipinski definition) is 2. The predicted molar refractivity (Wildman–Crippen MR) is 101 cm³/mol. The maximum absolute atomic E-state index is 12.4. The predicted octanol–water partition coefficient (Wildman–Crippen LogP) is 2.27. The van der Waals surface area contributed by atoms with E-state index in [2.05, 4.69) is 26.6 Å². The SMILES string of the molecule is Cc1cc(Br)ccc1NC(=O)CNC(=O)[C@H]1CS[C@]2(C)CCC(=O)N12. The molecule has 0 aromatic heterocycles. The van der Waals surface area contributed by atoms with E-state index in [1.54, 1.807) is 22.7 Å². The lowest BCUT2D eigenvalue weighted by atomic mass is 10.2. The molecule has 0 aliphatic carbocycles. The Morgan fingerprint density at radius 2 is 2.20 bits per heavy atom. The van der Waals surface area contributed by atoms with Crippen LogP contribution in [0, 0.1) is 6.92 Å². The summed E-state index contributed by atoms with van der Waals surface area (Å²) >= 11 is 5.01. The molecule has 6 nitrogen and oxygen atoms in total. The van der Waals surface area contributed by atoms with E-state index in [-0.39, 0.29) is 29.1 Å². The third kappa shape index (κ3) is 3.69. The van der Waals surface area contributed by atoms with E-state index in [1.807, 2.05) is 26.0 Å². The Hall–Kier alpha value is -1.54. The maximum atomic E-state index is 12.4. The highest BCUT2D eigenvalue weighted by molar-refractivity contribution is 9.10. The summed E-state index contributed by atoms with van der Waals surface area (Å²) < 4.78 is 0.938. The zero-order chi connectivity index (χ0) is 18.2. The number of anilines is 1. The fraction of sp³-hybridized carbons (Fsp3) is 0.471. The van der Waals surface area contributed by atoms with Crippen LogP contribution >= 0.6 is 27.7 Å². The number of amides is 3. The molecule has 2 fully saturated rings. The lowest BCUT2D eigenvalue weighted by molar-refractivity contribution is -0.138. The van der Waals surface area contributed by atoms with Crippen LogP contribution in [-0.4, -0.2) is 45.8 Å². The number of rotatable bonds is 4. The average Bonchev–Trinajstić information content (AvgIpc) is 3.04. The highest BCUT2D eigenvalue weighted by atomic mass is 79.9. The molecule has 1 aromatic carbocycles. The van der Waals surface area contributed by atoms with Gasteiger partial charge in [0.05, 0.1) is 11.4 Å². The van der Waals surface area contributed by atoms with E-state index in [4.69, 9.17) is 0 Å². The molecule has 8 heteroatoms. The minimum Gasteiger partial charge on any atom is -0.345 e. The summed E-state index contributed by atoms with van der Waals surface area (Å²) in [6.45, 7) is 3.78. The number of nitrogens with one attached hydrogen (secondary N) is 2. The van der Waals surface area contributed by atoms with Gasteiger partial charge < -0.3 is 15.5 Å². The van der Waals surface area contributed by atoms with Crippen LogP contribution in [-0.2, 0) is 14.4 Å². The van der Waals surface area contributed by atoms with Crippen molar-refractivity contribution in [1.29, 1.82) is 0 Å². The highest BCUT2D eigenvalue weighted by Gasteiger charge is 2.52. The molecule has 2 atom stereocenters. The van der Waals surface area contributed by atoms with Crippen molar-refractivity contribution in [3.05, 3.63) is 28.2 Å². The van der Waals surface area contributed by atoms with E-state index in [9.17, 15) is 14.4 Å². The van der Waals surface area contributed by atoms with Crippen molar-refractivity contribution >= 4 is 51.1 Å². The highest BCUT2D eigenvalue weighted by Crippen LogP contribution is 2.47. The number of hydrogen-bond acceptors (Lipinski definition) is 4. The van der Waals surface area contributed by atoms with Crippen molar-refractivity contribution < 1.29 is 14.4 Å². The number of benzene rings is 1. The van der Waals surface area contributed by atoms with Crippen LogP contribution in [0.4, 0.5) is 5.69 Å². The molecule has 2 aliphatic heterocycles. The molecule has 3 amide bonds. The topological polar surface area (TPSA) is 78.5 Å². The Balaban J connectivity index is 1.55. The summed E-state index contributed by atoms with van der Waals surface area (Å²) in [5.41, 5.74) is 1.64. The second-order valence-corrected chi connectivity index (χ2v) is 8.91. The first-order valence-corrected chi connectivity index (χ1v) is 9.88. The normalized spacial score (nSPS) is 25.0. The first-order valence-electron chi connectivity index (χ1n) is 8.10. The van der Waals surface area contributed by atoms with Crippen LogP contribution in [0.2, 0.25) is 0 Å². The third-order valence-corrected chi connectivity index (χ3v) is 6.63. The Morgan fingerprint density at radius 3 is 2.92 bits per heavy atom. The minimum atomic E-state index is -0.493. The van der Waals surface area contributed by atoms with E-state index < -0.39 is 6.04 Å². The fourth-order valence-corrected chi connectivity index (χ4v) is 5.17. The molecular weight excluding hydrogens is 406 g/mol. The summed E-state index contributed by atoms with van der Waals surface area (Å²) in [5, 5.41) is 5.44. The van der Waals surface area contributed by atoms with Crippen LogP contribution in [0.1, 0.15) is 25.3 Å². The van der Waals surface area contributed by atoms with Gasteiger partial charge in [0.2, 0.25) is 17.7 Å². The standard InChI is InChI=1S/C17H20BrN3O3S/c1-10-7-11(18)3-4-12(10)20-14(22)8-19-16(24)13-9-25-17(2)6-5-15(23)21(13)17/h3-4,7,13H,5-6,8-9H2,1-2H3,(H,19,24)(H,20,22)/t13-,17-/m1/s1. The molecule has 0 bridgehead atoms. The first kappa shape index (κ1) is 18.3. The molecular formula is C17H20BrN3O3S. The molecule has 2 aliphatic rings. The van der Waals surface area contributed by atoms with Crippen LogP contribution in [0.3, 0.4) is 0 Å². The molecule has 0 saturated carbocycles. The molecule has 25 heavy (non-hydrogen) atoms. The Bertz CT molecular complexity index is 742. The lowest BCUT2D eigenvalue weighted by Crippen LogP contribution is -2.51. The van der Waals surface area contributed by atoms with Gasteiger partial charge in [-0.3, -0.25) is 14.4 Å². The van der Waals surface area contributed by atoms with E-state index in [0.717, 1.165) is 16.5 Å². The van der Waals surface area contributed by atoms with Crippen LogP contribution in [0.15, 0.2) is 22.7 Å². The maximum Gasteiger partial charge on any atom is 0.244 e. The molecule has 0 unspecified atom stereocenters. The third-order valence-electron chi connectivity index (χ3n) is 4.63. The monoisotopic (exact) mass is 425 g/mol.